The van der Waals surface area contributed by atoms with E-state index in [0.29, 0.717) is 32.0 Å². The molecule has 0 aromatic carbocycles. The van der Waals surface area contributed by atoms with Crippen LogP contribution in [0.2, 0.25) is 0 Å². The number of amides is 1. The molecule has 0 bridgehead atoms. The summed E-state index contributed by atoms with van der Waals surface area (Å²) in [5, 5.41) is 2.74. The average molecular weight is 373 g/mol. The fourth-order valence-corrected chi connectivity index (χ4v) is 4.23. The van der Waals surface area contributed by atoms with Crippen molar-refractivity contribution in [2.75, 3.05) is 19.7 Å². The second-order valence-corrected chi connectivity index (χ2v) is 8.20. The minimum absolute atomic E-state index is 0.00409. The largest absolute Gasteiger partial charge is 0.372 e. The molecule has 7 heteroatoms. The van der Waals surface area contributed by atoms with Crippen LogP contribution in [0, 0.1) is 13.8 Å². The van der Waals surface area contributed by atoms with Crippen LogP contribution in [-0.4, -0.2) is 52.2 Å². The first-order chi connectivity index (χ1) is 12.5. The van der Waals surface area contributed by atoms with Gasteiger partial charge in [-0.2, -0.15) is 0 Å². The fraction of sp³-hybridized carbons (Fsp3) is 0.526. The Morgan fingerprint density at radius 3 is 2.96 bits per heavy atom. The highest BCUT2D eigenvalue weighted by Gasteiger charge is 2.50. The molecule has 4 rings (SSSR count). The standard InChI is InChI=1S/C19H23N3O3S/c1-13-4-3-5-15(20-13)9-24-16-6-7-25-19(8-16)11-22(12-19)18(23)17-10-26-14(2)21-17/h3-5,10,16H,6-9,11-12H2,1-2H3. The van der Waals surface area contributed by atoms with Crippen molar-refractivity contribution in [3.05, 3.63) is 45.7 Å². The highest BCUT2D eigenvalue weighted by Crippen LogP contribution is 2.36. The lowest BCUT2D eigenvalue weighted by atomic mass is 9.84. The Morgan fingerprint density at radius 1 is 1.38 bits per heavy atom. The summed E-state index contributed by atoms with van der Waals surface area (Å²) in [7, 11) is 0. The van der Waals surface area contributed by atoms with E-state index in [2.05, 4.69) is 9.97 Å². The first-order valence-corrected chi connectivity index (χ1v) is 9.80. The monoisotopic (exact) mass is 373 g/mol. The Balaban J connectivity index is 1.31. The summed E-state index contributed by atoms with van der Waals surface area (Å²) >= 11 is 1.50. The number of thiazole rings is 1. The Morgan fingerprint density at radius 2 is 2.23 bits per heavy atom. The third kappa shape index (κ3) is 3.65. The maximum Gasteiger partial charge on any atom is 0.273 e. The summed E-state index contributed by atoms with van der Waals surface area (Å²) in [4.78, 5) is 23.1. The maximum atomic E-state index is 12.5. The topological polar surface area (TPSA) is 64.6 Å². The molecular weight excluding hydrogens is 350 g/mol. The van der Waals surface area contributed by atoms with Crippen LogP contribution >= 0.6 is 11.3 Å². The molecule has 1 amide bonds. The minimum Gasteiger partial charge on any atom is -0.372 e. The van der Waals surface area contributed by atoms with Crippen molar-refractivity contribution in [3.8, 4) is 0 Å². The second kappa shape index (κ2) is 7.06. The molecule has 2 saturated heterocycles. The molecule has 138 valence electrons. The van der Waals surface area contributed by atoms with E-state index in [1.165, 1.54) is 11.3 Å². The van der Waals surface area contributed by atoms with E-state index in [0.717, 1.165) is 29.2 Å². The summed E-state index contributed by atoms with van der Waals surface area (Å²) in [6.07, 6.45) is 1.84. The van der Waals surface area contributed by atoms with E-state index in [4.69, 9.17) is 9.47 Å². The smallest absolute Gasteiger partial charge is 0.273 e. The molecule has 4 heterocycles. The van der Waals surface area contributed by atoms with Gasteiger partial charge in [-0.05, 0) is 32.4 Å². The van der Waals surface area contributed by atoms with Crippen molar-refractivity contribution in [3.63, 3.8) is 0 Å². The third-order valence-electron chi connectivity index (χ3n) is 4.94. The third-order valence-corrected chi connectivity index (χ3v) is 5.72. The van der Waals surface area contributed by atoms with Crippen LogP contribution in [0.1, 0.15) is 39.7 Å². The van der Waals surface area contributed by atoms with Crippen molar-refractivity contribution >= 4 is 17.2 Å². The van der Waals surface area contributed by atoms with Gasteiger partial charge in [-0.1, -0.05) is 6.07 Å². The Hall–Kier alpha value is -1.83. The second-order valence-electron chi connectivity index (χ2n) is 7.14. The molecule has 1 atom stereocenters. The van der Waals surface area contributed by atoms with Crippen molar-refractivity contribution in [1.29, 1.82) is 0 Å². The summed E-state index contributed by atoms with van der Waals surface area (Å²) in [5.74, 6) is -0.00409. The molecule has 2 aromatic rings. The van der Waals surface area contributed by atoms with Gasteiger partial charge in [0.1, 0.15) is 11.3 Å². The van der Waals surface area contributed by atoms with Crippen LogP contribution in [0.15, 0.2) is 23.6 Å². The van der Waals surface area contributed by atoms with Gasteiger partial charge in [0.15, 0.2) is 0 Å². The molecule has 0 N–H and O–H groups in total. The van der Waals surface area contributed by atoms with Crippen molar-refractivity contribution < 1.29 is 14.3 Å². The minimum atomic E-state index is -0.260. The van der Waals surface area contributed by atoms with Crippen LogP contribution in [0.5, 0.6) is 0 Å². The molecule has 26 heavy (non-hydrogen) atoms. The number of hydrogen-bond acceptors (Lipinski definition) is 6. The number of aryl methyl sites for hydroxylation is 2. The van der Waals surface area contributed by atoms with Gasteiger partial charge in [-0.15, -0.1) is 11.3 Å². The zero-order chi connectivity index (χ0) is 18.1. The number of ether oxygens (including phenoxy) is 2. The normalized spacial score (nSPS) is 21.6. The number of rotatable bonds is 4. The molecule has 0 radical (unpaired) electrons. The summed E-state index contributed by atoms with van der Waals surface area (Å²) in [6, 6.07) is 5.97. The zero-order valence-electron chi connectivity index (χ0n) is 15.1. The molecule has 2 aliphatic rings. The quantitative estimate of drug-likeness (QED) is 0.825. The number of carbonyl (C=O) groups excluding carboxylic acids is 1. The number of hydrogen-bond donors (Lipinski definition) is 0. The Labute approximate surface area is 157 Å². The highest BCUT2D eigenvalue weighted by atomic mass is 32.1. The summed E-state index contributed by atoms with van der Waals surface area (Å²) < 4.78 is 12.1. The van der Waals surface area contributed by atoms with Crippen LogP contribution in [-0.2, 0) is 16.1 Å². The van der Waals surface area contributed by atoms with Crippen LogP contribution < -0.4 is 0 Å². The average Bonchev–Trinajstić information content (AvgIpc) is 3.04. The van der Waals surface area contributed by atoms with E-state index < -0.39 is 0 Å². The van der Waals surface area contributed by atoms with Gasteiger partial charge in [0.05, 0.1) is 36.5 Å². The van der Waals surface area contributed by atoms with Gasteiger partial charge in [0.2, 0.25) is 0 Å². The predicted molar refractivity (Wildman–Crippen MR) is 98.2 cm³/mol. The van der Waals surface area contributed by atoms with Gasteiger partial charge in [-0.3, -0.25) is 9.78 Å². The van der Waals surface area contributed by atoms with Crippen molar-refractivity contribution in [2.45, 2.75) is 45.0 Å². The van der Waals surface area contributed by atoms with E-state index in [1.54, 1.807) is 0 Å². The van der Waals surface area contributed by atoms with E-state index in [-0.39, 0.29) is 17.6 Å². The Bertz CT molecular complexity index is 801. The maximum absolute atomic E-state index is 12.5. The predicted octanol–water partition coefficient (Wildman–Crippen LogP) is 2.75. The number of likely N-dealkylation sites (tertiary alicyclic amines) is 1. The number of pyridine rings is 1. The van der Waals surface area contributed by atoms with Crippen LogP contribution in [0.4, 0.5) is 0 Å². The van der Waals surface area contributed by atoms with Crippen molar-refractivity contribution in [2.24, 2.45) is 0 Å². The molecule has 2 fully saturated rings. The molecule has 2 aliphatic heterocycles. The highest BCUT2D eigenvalue weighted by molar-refractivity contribution is 7.09. The summed E-state index contributed by atoms with van der Waals surface area (Å²) in [5.41, 5.74) is 2.23. The summed E-state index contributed by atoms with van der Waals surface area (Å²) in [6.45, 7) is 6.31. The number of aromatic nitrogens is 2. The van der Waals surface area contributed by atoms with Gasteiger partial charge >= 0.3 is 0 Å². The van der Waals surface area contributed by atoms with E-state index in [1.807, 2.05) is 42.3 Å². The number of nitrogens with zero attached hydrogens (tertiary/aromatic N) is 3. The first kappa shape index (κ1) is 17.6. The van der Waals surface area contributed by atoms with Crippen molar-refractivity contribution in [1.82, 2.24) is 14.9 Å². The van der Waals surface area contributed by atoms with E-state index >= 15 is 0 Å². The molecule has 1 spiro atoms. The molecule has 6 nitrogen and oxygen atoms in total. The van der Waals surface area contributed by atoms with Crippen LogP contribution in [0.25, 0.3) is 0 Å². The lowest BCUT2D eigenvalue weighted by molar-refractivity contribution is -0.188. The molecule has 2 aromatic heterocycles. The molecular formula is C19H23N3O3S. The molecule has 0 saturated carbocycles. The SMILES string of the molecule is Cc1cccc(COC2CCOC3(C2)CN(C(=O)c2csc(C)n2)C3)n1. The Kier molecular flexibility index (Phi) is 4.77. The lowest BCUT2D eigenvalue weighted by Crippen LogP contribution is -2.67. The first-order valence-electron chi connectivity index (χ1n) is 8.93. The van der Waals surface area contributed by atoms with Gasteiger partial charge in [0.25, 0.3) is 5.91 Å². The van der Waals surface area contributed by atoms with Gasteiger partial charge in [0, 0.05) is 24.1 Å². The lowest BCUT2D eigenvalue weighted by Gasteiger charge is -2.52. The van der Waals surface area contributed by atoms with Gasteiger partial charge in [-0.25, -0.2) is 4.98 Å². The fourth-order valence-electron chi connectivity index (χ4n) is 3.65. The van der Waals surface area contributed by atoms with Gasteiger partial charge < -0.3 is 14.4 Å². The number of carbonyl (C=O) groups is 1. The van der Waals surface area contributed by atoms with E-state index in [9.17, 15) is 4.79 Å². The molecule has 0 aliphatic carbocycles. The van der Waals surface area contributed by atoms with Crippen LogP contribution in [0.3, 0.4) is 0 Å². The molecule has 1 unspecified atom stereocenters. The zero-order valence-corrected chi connectivity index (χ0v) is 15.9.